The van der Waals surface area contributed by atoms with Gasteiger partial charge in [-0.25, -0.2) is 15.2 Å². The third kappa shape index (κ3) is 4.97. The fourth-order valence-corrected chi connectivity index (χ4v) is 2.48. The summed E-state index contributed by atoms with van der Waals surface area (Å²) in [6.07, 6.45) is 0. The number of amides is 3. The van der Waals surface area contributed by atoms with Crippen LogP contribution in [0.2, 0.25) is 5.02 Å². The molecule has 0 fully saturated rings. The van der Waals surface area contributed by atoms with Gasteiger partial charge in [0.1, 0.15) is 0 Å². The summed E-state index contributed by atoms with van der Waals surface area (Å²) >= 11 is 6.12. The summed E-state index contributed by atoms with van der Waals surface area (Å²) < 4.78 is 0. The summed E-state index contributed by atoms with van der Waals surface area (Å²) in [7, 11) is 0. The normalized spacial score (nSPS) is 10.9. The van der Waals surface area contributed by atoms with Crippen LogP contribution >= 0.6 is 11.6 Å². The van der Waals surface area contributed by atoms with Gasteiger partial charge >= 0.3 is 6.03 Å². The van der Waals surface area contributed by atoms with Crippen LogP contribution in [-0.2, 0) is 0 Å². The van der Waals surface area contributed by atoms with Gasteiger partial charge in [0.05, 0.1) is 16.1 Å². The van der Waals surface area contributed by atoms with Crippen molar-refractivity contribution < 1.29 is 9.59 Å². The van der Waals surface area contributed by atoms with Gasteiger partial charge in [-0.15, -0.1) is 0 Å². The molecule has 6 heteroatoms. The summed E-state index contributed by atoms with van der Waals surface area (Å²) in [5, 5.41) is 4.34. The molecule has 132 valence electrons. The van der Waals surface area contributed by atoms with E-state index in [0.717, 1.165) is 5.56 Å². The number of hydrogen-bond acceptors (Lipinski definition) is 2. The lowest BCUT2D eigenvalue weighted by atomic mass is 10.1. The van der Waals surface area contributed by atoms with Crippen molar-refractivity contribution in [2.24, 2.45) is 0 Å². The first-order chi connectivity index (χ1) is 11.7. The second kappa shape index (κ2) is 7.57. The smallest absolute Gasteiger partial charge is 0.307 e. The Hall–Kier alpha value is -2.53. The monoisotopic (exact) mass is 359 g/mol. The lowest BCUT2D eigenvalue weighted by Gasteiger charge is -2.35. The quantitative estimate of drug-likeness (QED) is 0.768. The van der Waals surface area contributed by atoms with Gasteiger partial charge in [0.15, 0.2) is 0 Å². The Morgan fingerprint density at radius 1 is 1.04 bits per heavy atom. The topological polar surface area (TPSA) is 61.4 Å². The molecule has 0 spiro atoms. The van der Waals surface area contributed by atoms with Crippen LogP contribution in [0.4, 0.5) is 10.5 Å². The third-order valence-electron chi connectivity index (χ3n) is 3.47. The average Bonchev–Trinajstić information content (AvgIpc) is 2.51. The lowest BCUT2D eigenvalue weighted by Crippen LogP contribution is -2.56. The van der Waals surface area contributed by atoms with E-state index in [2.05, 4.69) is 10.7 Å². The minimum Gasteiger partial charge on any atom is -0.307 e. The first kappa shape index (κ1) is 18.8. The van der Waals surface area contributed by atoms with E-state index in [9.17, 15) is 9.59 Å². The summed E-state index contributed by atoms with van der Waals surface area (Å²) in [4.78, 5) is 25.2. The van der Waals surface area contributed by atoms with Gasteiger partial charge in [-0.2, -0.15) is 0 Å². The molecule has 0 aliphatic heterocycles. The first-order valence-corrected chi connectivity index (χ1v) is 8.29. The summed E-state index contributed by atoms with van der Waals surface area (Å²) in [5.41, 5.74) is 3.99. The van der Waals surface area contributed by atoms with E-state index in [0.29, 0.717) is 16.3 Å². The number of benzene rings is 2. The highest BCUT2D eigenvalue weighted by Crippen LogP contribution is 2.21. The minimum atomic E-state index is -0.639. The van der Waals surface area contributed by atoms with Crippen LogP contribution in [0.1, 0.15) is 36.7 Å². The molecular formula is C19H22ClN3O2. The Morgan fingerprint density at radius 2 is 1.72 bits per heavy atom. The Labute approximate surface area is 152 Å². The van der Waals surface area contributed by atoms with Gasteiger partial charge < -0.3 is 5.32 Å². The number of hydrogen-bond donors (Lipinski definition) is 2. The summed E-state index contributed by atoms with van der Waals surface area (Å²) in [5.74, 6) is -0.377. The molecule has 5 nitrogen and oxygen atoms in total. The molecular weight excluding hydrogens is 338 g/mol. The molecule has 0 saturated heterocycles. The van der Waals surface area contributed by atoms with Gasteiger partial charge in [-0.05, 0) is 57.5 Å². The molecule has 3 amide bonds. The number of urea groups is 1. The minimum absolute atomic E-state index is 0.329. The van der Waals surface area contributed by atoms with Crippen molar-refractivity contribution in [3.63, 3.8) is 0 Å². The Bertz CT molecular complexity index is 784. The number of nitrogens with zero attached hydrogens (tertiary/aromatic N) is 1. The van der Waals surface area contributed by atoms with Crippen LogP contribution in [0.5, 0.6) is 0 Å². The maximum atomic E-state index is 12.9. The van der Waals surface area contributed by atoms with E-state index in [1.165, 1.54) is 5.01 Å². The number of carbonyl (C=O) groups excluding carboxylic acids is 2. The molecule has 0 radical (unpaired) electrons. The number of nitrogens with one attached hydrogen (secondary N) is 2. The van der Waals surface area contributed by atoms with Gasteiger partial charge in [0.25, 0.3) is 5.91 Å². The molecule has 0 unspecified atom stereocenters. The Balaban J connectivity index is 2.20. The Morgan fingerprint density at radius 3 is 2.32 bits per heavy atom. The van der Waals surface area contributed by atoms with Crippen molar-refractivity contribution in [3.05, 3.63) is 64.7 Å². The maximum absolute atomic E-state index is 12.9. The van der Waals surface area contributed by atoms with Crippen molar-refractivity contribution in [2.45, 2.75) is 33.2 Å². The molecule has 25 heavy (non-hydrogen) atoms. The zero-order chi connectivity index (χ0) is 18.6. The van der Waals surface area contributed by atoms with Crippen molar-refractivity contribution >= 4 is 29.2 Å². The van der Waals surface area contributed by atoms with E-state index in [1.54, 1.807) is 30.3 Å². The molecule has 0 aromatic heterocycles. The molecule has 2 N–H and O–H groups in total. The zero-order valence-corrected chi connectivity index (χ0v) is 15.5. The van der Waals surface area contributed by atoms with Crippen LogP contribution in [0.25, 0.3) is 0 Å². The maximum Gasteiger partial charge on any atom is 0.338 e. The highest BCUT2D eigenvalue weighted by atomic mass is 35.5. The second-order valence-corrected chi connectivity index (χ2v) is 7.13. The standard InChI is InChI=1S/C19H22ClN3O2/c1-13-8-7-9-14(12-13)21-18(25)22-23(19(2,3)4)17(24)15-10-5-6-11-16(15)20/h5-12H,1-4H3,(H2,21,22,25). The van der Waals surface area contributed by atoms with E-state index < -0.39 is 11.6 Å². The fraction of sp³-hybridized carbons (Fsp3) is 0.263. The Kier molecular flexibility index (Phi) is 5.69. The molecule has 2 aromatic rings. The summed E-state index contributed by atoms with van der Waals surface area (Å²) in [6.45, 7) is 7.42. The van der Waals surface area contributed by atoms with Gasteiger partial charge in [-0.3, -0.25) is 4.79 Å². The number of carbonyl (C=O) groups is 2. The van der Waals surface area contributed by atoms with Crippen LogP contribution in [-0.4, -0.2) is 22.5 Å². The van der Waals surface area contributed by atoms with Gasteiger partial charge in [0, 0.05) is 5.69 Å². The molecule has 2 rings (SSSR count). The number of halogens is 1. The van der Waals surface area contributed by atoms with Crippen LogP contribution in [0, 0.1) is 6.92 Å². The molecule has 2 aromatic carbocycles. The fourth-order valence-electron chi connectivity index (χ4n) is 2.26. The van der Waals surface area contributed by atoms with Crippen LogP contribution < -0.4 is 10.7 Å². The average molecular weight is 360 g/mol. The highest BCUT2D eigenvalue weighted by molar-refractivity contribution is 6.33. The highest BCUT2D eigenvalue weighted by Gasteiger charge is 2.30. The molecule has 0 aliphatic rings. The predicted octanol–water partition coefficient (Wildman–Crippen LogP) is 4.63. The third-order valence-corrected chi connectivity index (χ3v) is 3.80. The van der Waals surface area contributed by atoms with Crippen molar-refractivity contribution in [2.75, 3.05) is 5.32 Å². The SMILES string of the molecule is Cc1cccc(NC(=O)NN(C(=O)c2ccccc2Cl)C(C)(C)C)c1. The van der Waals surface area contributed by atoms with E-state index in [-0.39, 0.29) is 5.91 Å². The van der Waals surface area contributed by atoms with Gasteiger partial charge in [0.2, 0.25) is 0 Å². The molecule has 0 aliphatic carbocycles. The number of hydrazine groups is 1. The van der Waals surface area contributed by atoms with E-state index >= 15 is 0 Å². The lowest BCUT2D eigenvalue weighted by molar-refractivity contribution is 0.0461. The number of anilines is 1. The molecule has 0 saturated carbocycles. The largest absolute Gasteiger partial charge is 0.338 e. The van der Waals surface area contributed by atoms with E-state index in [1.807, 2.05) is 45.9 Å². The van der Waals surface area contributed by atoms with Gasteiger partial charge in [-0.1, -0.05) is 35.9 Å². The number of aryl methyl sites for hydroxylation is 1. The van der Waals surface area contributed by atoms with Crippen LogP contribution in [0.15, 0.2) is 48.5 Å². The van der Waals surface area contributed by atoms with Crippen molar-refractivity contribution in [3.8, 4) is 0 Å². The predicted molar refractivity (Wildman–Crippen MR) is 101 cm³/mol. The van der Waals surface area contributed by atoms with Crippen LogP contribution in [0.3, 0.4) is 0 Å². The second-order valence-electron chi connectivity index (χ2n) is 6.73. The molecule has 0 heterocycles. The summed E-state index contributed by atoms with van der Waals surface area (Å²) in [6, 6.07) is 13.7. The molecule has 0 atom stereocenters. The zero-order valence-electron chi connectivity index (χ0n) is 14.8. The van der Waals surface area contributed by atoms with Crippen molar-refractivity contribution in [1.29, 1.82) is 0 Å². The number of rotatable bonds is 2. The van der Waals surface area contributed by atoms with E-state index in [4.69, 9.17) is 11.6 Å². The first-order valence-electron chi connectivity index (χ1n) is 7.92. The molecule has 0 bridgehead atoms. The van der Waals surface area contributed by atoms with Crippen molar-refractivity contribution in [1.82, 2.24) is 10.4 Å².